The Morgan fingerprint density at radius 2 is 2.12 bits per heavy atom. The number of hydrogen-bond acceptors (Lipinski definition) is 4. The molecule has 0 radical (unpaired) electrons. The molecule has 4 nitrogen and oxygen atoms in total. The molecular formula is C21H25NO3S. The van der Waals surface area contributed by atoms with Gasteiger partial charge >= 0.3 is 5.97 Å². The van der Waals surface area contributed by atoms with Crippen molar-refractivity contribution >= 4 is 28.9 Å². The van der Waals surface area contributed by atoms with Crippen LogP contribution >= 0.6 is 11.3 Å². The fraction of sp³-hybridized carbons (Fsp3) is 0.524. The van der Waals surface area contributed by atoms with E-state index in [9.17, 15) is 9.59 Å². The molecule has 2 atom stereocenters. The molecule has 0 bridgehead atoms. The van der Waals surface area contributed by atoms with Gasteiger partial charge < -0.3 is 4.74 Å². The number of anilines is 1. The summed E-state index contributed by atoms with van der Waals surface area (Å²) in [6, 6.07) is 1.86. The summed E-state index contributed by atoms with van der Waals surface area (Å²) < 4.78 is 5.43. The molecular weight excluding hydrogens is 346 g/mol. The number of thiophene rings is 1. The van der Waals surface area contributed by atoms with Crippen LogP contribution < -0.4 is 4.90 Å². The third-order valence-corrected chi connectivity index (χ3v) is 5.60. The fourth-order valence-corrected chi connectivity index (χ4v) is 4.04. The van der Waals surface area contributed by atoms with Crippen molar-refractivity contribution in [1.82, 2.24) is 0 Å². The third kappa shape index (κ3) is 3.86. The van der Waals surface area contributed by atoms with E-state index in [-0.39, 0.29) is 23.2 Å². The molecule has 1 aliphatic heterocycles. The Hall–Kier alpha value is -2.06. The number of nitrogens with zero attached hydrogens (tertiary/aromatic N) is 1. The van der Waals surface area contributed by atoms with Gasteiger partial charge in [-0.15, -0.1) is 11.3 Å². The Labute approximate surface area is 159 Å². The molecule has 0 aromatic carbocycles. The maximum atomic E-state index is 13.1. The third-order valence-electron chi connectivity index (χ3n) is 4.58. The zero-order valence-corrected chi connectivity index (χ0v) is 16.8. The molecule has 1 aromatic heterocycles. The predicted molar refractivity (Wildman–Crippen MR) is 104 cm³/mol. The highest BCUT2D eigenvalue weighted by molar-refractivity contribution is 7.15. The molecule has 2 heterocycles. The van der Waals surface area contributed by atoms with Crippen LogP contribution in [0.3, 0.4) is 0 Å². The molecule has 1 aliphatic carbocycles. The van der Waals surface area contributed by atoms with Gasteiger partial charge in [-0.25, -0.2) is 4.79 Å². The van der Waals surface area contributed by atoms with Crippen molar-refractivity contribution in [3.8, 4) is 11.8 Å². The average Bonchev–Trinajstić information content (AvgIpc) is 2.97. The second-order valence-corrected chi connectivity index (χ2v) is 9.11. The van der Waals surface area contributed by atoms with E-state index in [1.807, 2.05) is 26.8 Å². The van der Waals surface area contributed by atoms with Crippen LogP contribution in [0.2, 0.25) is 0 Å². The van der Waals surface area contributed by atoms with Gasteiger partial charge in [0.2, 0.25) is 5.91 Å². The van der Waals surface area contributed by atoms with Crippen molar-refractivity contribution in [2.75, 3.05) is 4.90 Å². The maximum Gasteiger partial charge on any atom is 0.352 e. The van der Waals surface area contributed by atoms with Crippen molar-refractivity contribution in [2.24, 2.45) is 11.3 Å². The zero-order chi connectivity index (χ0) is 19.1. The highest BCUT2D eigenvalue weighted by atomic mass is 32.1. The number of allylic oxidation sites excluding steroid dienone is 2. The van der Waals surface area contributed by atoms with Gasteiger partial charge in [0.15, 0.2) is 6.23 Å². The quantitative estimate of drug-likeness (QED) is 0.407. The van der Waals surface area contributed by atoms with E-state index in [0.717, 1.165) is 24.1 Å². The topological polar surface area (TPSA) is 46.6 Å². The van der Waals surface area contributed by atoms with Crippen LogP contribution in [0.5, 0.6) is 0 Å². The Morgan fingerprint density at radius 3 is 2.73 bits per heavy atom. The minimum Gasteiger partial charge on any atom is -0.437 e. The summed E-state index contributed by atoms with van der Waals surface area (Å²) in [5.74, 6) is 5.92. The molecule has 2 aliphatic rings. The molecule has 1 unspecified atom stereocenters. The molecule has 0 saturated carbocycles. The Morgan fingerprint density at radius 1 is 1.38 bits per heavy atom. The van der Waals surface area contributed by atoms with Gasteiger partial charge in [0, 0.05) is 11.3 Å². The number of esters is 1. The number of carbonyl (C=O) groups is 2. The average molecular weight is 372 g/mol. The Balaban J connectivity index is 1.94. The van der Waals surface area contributed by atoms with Crippen LogP contribution in [0.15, 0.2) is 17.7 Å². The van der Waals surface area contributed by atoms with E-state index in [4.69, 9.17) is 4.74 Å². The summed E-state index contributed by atoms with van der Waals surface area (Å²) in [7, 11) is 0. The second kappa shape index (κ2) is 6.92. The predicted octanol–water partition coefficient (Wildman–Crippen LogP) is 4.74. The van der Waals surface area contributed by atoms with E-state index in [1.54, 1.807) is 11.8 Å². The van der Waals surface area contributed by atoms with E-state index >= 15 is 0 Å². The van der Waals surface area contributed by atoms with Crippen molar-refractivity contribution < 1.29 is 14.3 Å². The number of fused-ring (bicyclic) bond motifs is 1. The largest absolute Gasteiger partial charge is 0.437 e. The number of carbonyl (C=O) groups excluding carboxylic acids is 2. The molecule has 0 saturated heterocycles. The standard InChI is InChI=1S/C21H25NO3S/c1-13-6-8-15(9-7-13)19(23)22-14(2)25-20(24)18-17(22)12-16(26-18)10-11-21(3,4)5/h6,12,14-15H,7-9H2,1-5H3/t14?,15-/m0/s1. The van der Waals surface area contributed by atoms with Crippen LogP contribution in [-0.2, 0) is 9.53 Å². The number of hydrogen-bond donors (Lipinski definition) is 0. The molecule has 1 amide bonds. The molecule has 0 fully saturated rings. The van der Waals surface area contributed by atoms with Crippen LogP contribution in [0.1, 0.15) is 68.4 Å². The lowest BCUT2D eigenvalue weighted by Gasteiger charge is -2.35. The van der Waals surface area contributed by atoms with Crippen molar-refractivity contribution in [3.05, 3.63) is 27.5 Å². The molecule has 138 valence electrons. The maximum absolute atomic E-state index is 13.1. The molecule has 0 spiro atoms. The summed E-state index contributed by atoms with van der Waals surface area (Å²) in [4.78, 5) is 28.3. The smallest absolute Gasteiger partial charge is 0.352 e. The Kier molecular flexibility index (Phi) is 4.98. The lowest BCUT2D eigenvalue weighted by molar-refractivity contribution is -0.124. The number of rotatable bonds is 1. The highest BCUT2D eigenvalue weighted by Gasteiger charge is 2.38. The lowest BCUT2D eigenvalue weighted by Crippen LogP contribution is -2.47. The summed E-state index contributed by atoms with van der Waals surface area (Å²) in [6.45, 7) is 9.97. The highest BCUT2D eigenvalue weighted by Crippen LogP contribution is 2.38. The number of amides is 1. The molecule has 26 heavy (non-hydrogen) atoms. The summed E-state index contributed by atoms with van der Waals surface area (Å²) in [5, 5.41) is 0. The van der Waals surface area contributed by atoms with Crippen molar-refractivity contribution in [2.45, 2.75) is 60.1 Å². The van der Waals surface area contributed by atoms with Crippen LogP contribution in [0, 0.1) is 23.2 Å². The van der Waals surface area contributed by atoms with E-state index < -0.39 is 6.23 Å². The first-order valence-corrected chi connectivity index (χ1v) is 9.84. The fourth-order valence-electron chi connectivity index (χ4n) is 3.16. The zero-order valence-electron chi connectivity index (χ0n) is 16.0. The minimum absolute atomic E-state index is 0.0307. The van der Waals surface area contributed by atoms with Gasteiger partial charge in [0.25, 0.3) is 0 Å². The SMILES string of the molecule is CC1=CC[C@H](C(=O)N2c3cc(C#CC(C)(C)C)sc3C(=O)OC2C)CC1. The van der Waals surface area contributed by atoms with Gasteiger partial charge in [-0.05, 0) is 59.9 Å². The molecule has 3 rings (SSSR count). The summed E-state index contributed by atoms with van der Waals surface area (Å²) in [6.07, 6.45) is 4.08. The Bertz CT molecular complexity index is 832. The number of cyclic esters (lactones) is 1. The lowest BCUT2D eigenvalue weighted by atomic mass is 9.89. The van der Waals surface area contributed by atoms with Crippen LogP contribution in [0.4, 0.5) is 5.69 Å². The molecule has 0 N–H and O–H groups in total. The van der Waals surface area contributed by atoms with Gasteiger partial charge in [0.1, 0.15) is 4.88 Å². The monoisotopic (exact) mass is 371 g/mol. The van der Waals surface area contributed by atoms with Gasteiger partial charge in [0.05, 0.1) is 10.6 Å². The normalized spacial score (nSPS) is 22.7. The van der Waals surface area contributed by atoms with Gasteiger partial charge in [-0.3, -0.25) is 9.69 Å². The van der Waals surface area contributed by atoms with E-state index in [2.05, 4.69) is 24.8 Å². The molecule has 5 heteroatoms. The van der Waals surface area contributed by atoms with Crippen molar-refractivity contribution in [3.63, 3.8) is 0 Å². The van der Waals surface area contributed by atoms with E-state index in [1.165, 1.54) is 16.9 Å². The first-order chi connectivity index (χ1) is 12.2. The summed E-state index contributed by atoms with van der Waals surface area (Å²) in [5.41, 5.74) is 1.86. The van der Waals surface area contributed by atoms with Gasteiger partial charge in [-0.2, -0.15) is 0 Å². The van der Waals surface area contributed by atoms with E-state index in [0.29, 0.717) is 10.6 Å². The summed E-state index contributed by atoms with van der Waals surface area (Å²) >= 11 is 1.30. The number of ether oxygens (including phenoxy) is 1. The minimum atomic E-state index is -0.590. The molecule has 1 aromatic rings. The van der Waals surface area contributed by atoms with Crippen molar-refractivity contribution in [1.29, 1.82) is 0 Å². The first-order valence-electron chi connectivity index (χ1n) is 9.02. The van der Waals surface area contributed by atoms with Gasteiger partial charge in [-0.1, -0.05) is 23.5 Å². The van der Waals surface area contributed by atoms with Crippen LogP contribution in [-0.4, -0.2) is 18.1 Å². The second-order valence-electron chi connectivity index (χ2n) is 8.06. The van der Waals surface area contributed by atoms with Crippen LogP contribution in [0.25, 0.3) is 0 Å². The first kappa shape index (κ1) is 18.7.